The van der Waals surface area contributed by atoms with Gasteiger partial charge in [0.2, 0.25) is 0 Å². The predicted octanol–water partition coefficient (Wildman–Crippen LogP) is 3.13. The minimum atomic E-state index is -0.321. The fraction of sp³-hybridized carbons (Fsp3) is 0.200. The highest BCUT2D eigenvalue weighted by atomic mass is 16.3. The molecule has 2 rings (SSSR count). The van der Waals surface area contributed by atoms with Gasteiger partial charge in [-0.25, -0.2) is 0 Å². The normalized spacial score (nSPS) is 11.4. The summed E-state index contributed by atoms with van der Waals surface area (Å²) in [7, 11) is 0. The summed E-state index contributed by atoms with van der Waals surface area (Å²) in [5.41, 5.74) is 1.59. The lowest BCUT2D eigenvalue weighted by Crippen LogP contribution is -2.18. The predicted molar refractivity (Wildman–Crippen MR) is 70.0 cm³/mol. The Balaban J connectivity index is 2.46. The van der Waals surface area contributed by atoms with Gasteiger partial charge in [-0.3, -0.25) is 0 Å². The van der Waals surface area contributed by atoms with Crippen LogP contribution in [-0.4, -0.2) is 15.3 Å². The summed E-state index contributed by atoms with van der Waals surface area (Å²) in [6, 6.07) is 11.8. The second-order valence-electron chi connectivity index (χ2n) is 4.88. The van der Waals surface area contributed by atoms with Crippen molar-refractivity contribution in [2.75, 3.05) is 0 Å². The average Bonchev–Trinajstić information content (AvgIpc) is 2.33. The Morgan fingerprint density at radius 2 is 1.28 bits per heavy atom. The first-order valence-corrected chi connectivity index (χ1v) is 5.73. The number of benzene rings is 2. The molecule has 0 amide bonds. The molecule has 3 N–H and O–H groups in total. The number of hydrogen-bond acceptors (Lipinski definition) is 3. The first-order valence-electron chi connectivity index (χ1n) is 5.73. The monoisotopic (exact) mass is 244 g/mol. The summed E-state index contributed by atoms with van der Waals surface area (Å²) in [5, 5.41) is 28.2. The molecular formula is C15H16O3. The van der Waals surface area contributed by atoms with Crippen molar-refractivity contribution >= 4 is 0 Å². The van der Waals surface area contributed by atoms with Gasteiger partial charge >= 0.3 is 0 Å². The third-order valence-electron chi connectivity index (χ3n) is 3.29. The van der Waals surface area contributed by atoms with Crippen molar-refractivity contribution in [2.45, 2.75) is 19.3 Å². The van der Waals surface area contributed by atoms with Crippen LogP contribution in [0.4, 0.5) is 0 Å². The molecule has 2 aromatic rings. The van der Waals surface area contributed by atoms with Gasteiger partial charge < -0.3 is 15.3 Å². The van der Waals surface area contributed by atoms with Crippen molar-refractivity contribution in [1.29, 1.82) is 0 Å². The average molecular weight is 244 g/mol. The molecule has 0 atom stereocenters. The van der Waals surface area contributed by atoms with Crippen molar-refractivity contribution in [3.05, 3.63) is 53.6 Å². The van der Waals surface area contributed by atoms with Gasteiger partial charge in [0.15, 0.2) is 11.5 Å². The van der Waals surface area contributed by atoms with E-state index >= 15 is 0 Å². The van der Waals surface area contributed by atoms with Crippen LogP contribution < -0.4 is 0 Å². The van der Waals surface area contributed by atoms with Gasteiger partial charge in [0, 0.05) is 5.41 Å². The van der Waals surface area contributed by atoms with Gasteiger partial charge in [-0.1, -0.05) is 32.0 Å². The third-order valence-corrected chi connectivity index (χ3v) is 3.29. The van der Waals surface area contributed by atoms with Gasteiger partial charge in [0.25, 0.3) is 0 Å². The topological polar surface area (TPSA) is 60.7 Å². The molecule has 0 saturated carbocycles. The van der Waals surface area contributed by atoms with Gasteiger partial charge in [0.1, 0.15) is 5.75 Å². The lowest BCUT2D eigenvalue weighted by atomic mass is 9.78. The minimum absolute atomic E-state index is 0.125. The molecule has 0 fully saturated rings. The highest BCUT2D eigenvalue weighted by molar-refractivity contribution is 5.47. The maximum Gasteiger partial charge on any atom is 0.157 e. The summed E-state index contributed by atoms with van der Waals surface area (Å²) in [6.45, 7) is 4.04. The fourth-order valence-corrected chi connectivity index (χ4v) is 1.96. The van der Waals surface area contributed by atoms with E-state index < -0.39 is 0 Å². The number of hydrogen-bond donors (Lipinski definition) is 3. The Morgan fingerprint density at radius 3 is 1.83 bits per heavy atom. The summed E-state index contributed by atoms with van der Waals surface area (Å²) < 4.78 is 0. The van der Waals surface area contributed by atoms with E-state index in [-0.39, 0.29) is 22.7 Å². The molecule has 2 aromatic carbocycles. The highest BCUT2D eigenvalue weighted by Gasteiger charge is 2.23. The largest absolute Gasteiger partial charge is 0.508 e. The van der Waals surface area contributed by atoms with E-state index in [2.05, 4.69) is 0 Å². The first-order chi connectivity index (χ1) is 8.41. The van der Waals surface area contributed by atoms with E-state index in [0.29, 0.717) is 0 Å². The molecule has 0 spiro atoms. The summed E-state index contributed by atoms with van der Waals surface area (Å²) in [6.07, 6.45) is 0. The van der Waals surface area contributed by atoms with E-state index in [4.69, 9.17) is 0 Å². The molecule has 18 heavy (non-hydrogen) atoms. The molecule has 0 aliphatic carbocycles. The van der Waals surface area contributed by atoms with Crippen LogP contribution in [0.5, 0.6) is 17.2 Å². The van der Waals surface area contributed by atoms with Crippen molar-refractivity contribution in [2.24, 2.45) is 0 Å². The molecule has 94 valence electrons. The van der Waals surface area contributed by atoms with Crippen LogP contribution >= 0.6 is 0 Å². The fourth-order valence-electron chi connectivity index (χ4n) is 1.96. The van der Waals surface area contributed by atoms with Crippen LogP contribution in [0.1, 0.15) is 25.0 Å². The van der Waals surface area contributed by atoms with E-state index in [1.807, 2.05) is 26.0 Å². The minimum Gasteiger partial charge on any atom is -0.508 e. The Kier molecular flexibility index (Phi) is 2.91. The quantitative estimate of drug-likeness (QED) is 0.711. The molecule has 0 aromatic heterocycles. The van der Waals surface area contributed by atoms with Gasteiger partial charge in [-0.2, -0.15) is 0 Å². The number of rotatable bonds is 2. The molecule has 0 unspecified atom stereocenters. The molecule has 0 aliphatic rings. The Morgan fingerprint density at radius 1 is 0.722 bits per heavy atom. The summed E-state index contributed by atoms with van der Waals surface area (Å²) in [5.74, 6) is -0.0253. The Labute approximate surface area is 106 Å². The van der Waals surface area contributed by atoms with Gasteiger partial charge in [-0.15, -0.1) is 0 Å². The molecule has 3 nitrogen and oxygen atoms in total. The van der Waals surface area contributed by atoms with Crippen LogP contribution in [0.25, 0.3) is 0 Å². The molecule has 0 heterocycles. The first kappa shape index (κ1) is 12.3. The van der Waals surface area contributed by atoms with E-state index in [9.17, 15) is 15.3 Å². The van der Waals surface area contributed by atoms with E-state index in [0.717, 1.165) is 11.1 Å². The zero-order valence-electron chi connectivity index (χ0n) is 10.4. The van der Waals surface area contributed by atoms with Crippen LogP contribution in [0.15, 0.2) is 42.5 Å². The lowest BCUT2D eigenvalue weighted by Gasteiger charge is -2.26. The Bertz CT molecular complexity index is 556. The second kappa shape index (κ2) is 4.26. The third kappa shape index (κ3) is 2.12. The highest BCUT2D eigenvalue weighted by Crippen LogP contribution is 2.36. The van der Waals surface area contributed by atoms with Gasteiger partial charge in [0.05, 0.1) is 0 Å². The second-order valence-corrected chi connectivity index (χ2v) is 4.88. The standard InChI is InChI=1S/C15H16O3/c1-15(2,10-3-6-12(16)7-4-10)11-5-8-13(17)14(18)9-11/h3-9,16-18H,1-2H3. The zero-order valence-corrected chi connectivity index (χ0v) is 10.4. The van der Waals surface area contributed by atoms with Crippen molar-refractivity contribution in [1.82, 2.24) is 0 Å². The van der Waals surface area contributed by atoms with E-state index in [1.54, 1.807) is 24.3 Å². The molecule has 0 bridgehead atoms. The van der Waals surface area contributed by atoms with Crippen LogP contribution in [-0.2, 0) is 5.41 Å². The lowest BCUT2D eigenvalue weighted by molar-refractivity contribution is 0.402. The molecule has 0 saturated heterocycles. The smallest absolute Gasteiger partial charge is 0.157 e. The molecule has 0 aliphatic heterocycles. The SMILES string of the molecule is CC(C)(c1ccc(O)cc1)c1ccc(O)c(O)c1. The summed E-state index contributed by atoms with van der Waals surface area (Å²) in [4.78, 5) is 0. The maximum atomic E-state index is 9.56. The zero-order chi connectivity index (χ0) is 13.3. The molecule has 3 heteroatoms. The summed E-state index contributed by atoms with van der Waals surface area (Å²) >= 11 is 0. The Hall–Kier alpha value is -2.16. The van der Waals surface area contributed by atoms with Crippen molar-refractivity contribution in [3.63, 3.8) is 0 Å². The maximum absolute atomic E-state index is 9.56. The molecular weight excluding hydrogens is 228 g/mol. The number of phenolic OH excluding ortho intramolecular Hbond substituents is 3. The van der Waals surface area contributed by atoms with Gasteiger partial charge in [-0.05, 0) is 35.4 Å². The number of phenols is 3. The van der Waals surface area contributed by atoms with Crippen LogP contribution in [0, 0.1) is 0 Å². The molecule has 0 radical (unpaired) electrons. The van der Waals surface area contributed by atoms with Crippen LogP contribution in [0.2, 0.25) is 0 Å². The van der Waals surface area contributed by atoms with Crippen LogP contribution in [0.3, 0.4) is 0 Å². The number of aromatic hydroxyl groups is 3. The van der Waals surface area contributed by atoms with Crippen molar-refractivity contribution < 1.29 is 15.3 Å². The van der Waals surface area contributed by atoms with Crippen molar-refractivity contribution in [3.8, 4) is 17.2 Å². The van der Waals surface area contributed by atoms with E-state index in [1.165, 1.54) is 6.07 Å².